The van der Waals surface area contributed by atoms with Gasteiger partial charge in [-0.15, -0.1) is 0 Å². The van der Waals surface area contributed by atoms with E-state index in [1.165, 1.54) is 6.20 Å². The van der Waals surface area contributed by atoms with Crippen LogP contribution in [0.15, 0.2) is 35.4 Å². The fourth-order valence-electron chi connectivity index (χ4n) is 1.34. The maximum absolute atomic E-state index is 10.8. The Kier molecular flexibility index (Phi) is 2.92. The number of ether oxygens (including phenoxy) is 1. The molecular formula is C11H9ClN2O2. The van der Waals surface area contributed by atoms with Crippen molar-refractivity contribution >= 4 is 11.6 Å². The van der Waals surface area contributed by atoms with Gasteiger partial charge in [0, 0.05) is 28.5 Å². The number of methoxy groups -OCH3 is 1. The zero-order valence-corrected chi connectivity index (χ0v) is 9.28. The number of nitrogens with one attached hydrogen (secondary N) is 1. The molecule has 0 aliphatic rings. The maximum Gasteiger partial charge on any atom is 0.344 e. The van der Waals surface area contributed by atoms with Gasteiger partial charge in [0.2, 0.25) is 0 Å². The lowest BCUT2D eigenvalue weighted by atomic mass is 10.1. The van der Waals surface area contributed by atoms with Crippen LogP contribution in [0.3, 0.4) is 0 Å². The molecule has 0 atom stereocenters. The van der Waals surface area contributed by atoms with Crippen molar-refractivity contribution in [2.75, 3.05) is 7.11 Å². The average molecular weight is 237 g/mol. The summed E-state index contributed by atoms with van der Waals surface area (Å²) < 4.78 is 5.10. The van der Waals surface area contributed by atoms with Crippen LogP contribution in [0.1, 0.15) is 0 Å². The Hall–Kier alpha value is -1.81. The zero-order valence-electron chi connectivity index (χ0n) is 8.53. The molecule has 0 amide bonds. The van der Waals surface area contributed by atoms with Crippen LogP contribution in [0.2, 0.25) is 5.02 Å². The summed E-state index contributed by atoms with van der Waals surface area (Å²) in [6, 6.07) is 5.30. The van der Waals surface area contributed by atoms with Gasteiger partial charge in [-0.05, 0) is 18.2 Å². The van der Waals surface area contributed by atoms with Crippen molar-refractivity contribution < 1.29 is 4.74 Å². The molecule has 1 N–H and O–H groups in total. The summed E-state index contributed by atoms with van der Waals surface area (Å²) in [6.45, 7) is 0. The number of H-pyrrole nitrogens is 1. The standard InChI is InChI=1S/C11H9ClN2O2/c1-16-8-2-3-10(12)9(4-8)7-5-13-11(15)14-6-7/h2-6H,1H3,(H,13,14,15). The second-order valence-electron chi connectivity index (χ2n) is 3.15. The van der Waals surface area contributed by atoms with Crippen molar-refractivity contribution in [2.45, 2.75) is 0 Å². The number of nitrogens with zero attached hydrogens (tertiary/aromatic N) is 1. The molecule has 1 aromatic carbocycles. The molecule has 82 valence electrons. The molecule has 0 fully saturated rings. The van der Waals surface area contributed by atoms with Gasteiger partial charge in [-0.25, -0.2) is 9.78 Å². The van der Waals surface area contributed by atoms with Crippen molar-refractivity contribution in [3.63, 3.8) is 0 Å². The van der Waals surface area contributed by atoms with E-state index >= 15 is 0 Å². The van der Waals surface area contributed by atoms with E-state index in [9.17, 15) is 4.79 Å². The first kappa shape index (κ1) is 10.7. The first-order valence-corrected chi connectivity index (χ1v) is 4.97. The van der Waals surface area contributed by atoms with E-state index in [0.717, 1.165) is 11.1 Å². The summed E-state index contributed by atoms with van der Waals surface area (Å²) in [7, 11) is 1.58. The van der Waals surface area contributed by atoms with Gasteiger partial charge in [0.05, 0.1) is 7.11 Å². The van der Waals surface area contributed by atoms with Crippen molar-refractivity contribution in [3.8, 4) is 16.9 Å². The van der Waals surface area contributed by atoms with Gasteiger partial charge in [-0.3, -0.25) is 0 Å². The third kappa shape index (κ3) is 2.06. The van der Waals surface area contributed by atoms with E-state index in [0.29, 0.717) is 10.8 Å². The lowest BCUT2D eigenvalue weighted by Gasteiger charge is -2.06. The number of halogens is 1. The normalized spacial score (nSPS) is 10.1. The van der Waals surface area contributed by atoms with E-state index < -0.39 is 0 Å². The summed E-state index contributed by atoms with van der Waals surface area (Å²) in [4.78, 5) is 17.0. The van der Waals surface area contributed by atoms with Gasteiger partial charge in [0.1, 0.15) is 5.75 Å². The summed E-state index contributed by atoms with van der Waals surface area (Å²) >= 11 is 6.05. The topological polar surface area (TPSA) is 55.0 Å². The van der Waals surface area contributed by atoms with Crippen LogP contribution in [0, 0.1) is 0 Å². The Morgan fingerprint density at radius 1 is 1.44 bits per heavy atom. The molecule has 0 saturated carbocycles. The van der Waals surface area contributed by atoms with Crippen LogP contribution in [0.25, 0.3) is 11.1 Å². The van der Waals surface area contributed by atoms with Gasteiger partial charge >= 0.3 is 5.69 Å². The molecule has 0 aliphatic carbocycles. The van der Waals surface area contributed by atoms with Crippen LogP contribution in [0.4, 0.5) is 0 Å². The largest absolute Gasteiger partial charge is 0.497 e. The van der Waals surface area contributed by atoms with Crippen LogP contribution < -0.4 is 10.4 Å². The highest BCUT2D eigenvalue weighted by Gasteiger charge is 2.05. The molecule has 2 rings (SSSR count). The van der Waals surface area contributed by atoms with E-state index in [1.807, 2.05) is 0 Å². The molecule has 0 unspecified atom stereocenters. The van der Waals surface area contributed by atoms with E-state index in [2.05, 4.69) is 9.97 Å². The number of hydrogen-bond acceptors (Lipinski definition) is 3. The third-order valence-corrected chi connectivity index (χ3v) is 2.49. The smallest absolute Gasteiger partial charge is 0.344 e. The summed E-state index contributed by atoms with van der Waals surface area (Å²) in [5, 5.41) is 0.578. The van der Waals surface area contributed by atoms with Gasteiger partial charge < -0.3 is 9.72 Å². The zero-order chi connectivity index (χ0) is 11.5. The second-order valence-corrected chi connectivity index (χ2v) is 3.56. The molecule has 0 spiro atoms. The van der Waals surface area contributed by atoms with Crippen LogP contribution in [-0.4, -0.2) is 17.1 Å². The first-order valence-electron chi connectivity index (χ1n) is 4.59. The Labute approximate surface area is 96.9 Å². The number of rotatable bonds is 2. The lowest BCUT2D eigenvalue weighted by Crippen LogP contribution is -2.07. The Morgan fingerprint density at radius 2 is 2.25 bits per heavy atom. The van der Waals surface area contributed by atoms with Crippen LogP contribution >= 0.6 is 11.6 Å². The average Bonchev–Trinajstić information content (AvgIpc) is 2.31. The summed E-state index contributed by atoms with van der Waals surface area (Å²) in [6.07, 6.45) is 3.04. The molecule has 1 aromatic heterocycles. The summed E-state index contributed by atoms with van der Waals surface area (Å²) in [5.41, 5.74) is 1.12. The highest BCUT2D eigenvalue weighted by atomic mass is 35.5. The van der Waals surface area contributed by atoms with E-state index in [-0.39, 0.29) is 5.69 Å². The number of aromatic nitrogens is 2. The highest BCUT2D eigenvalue weighted by Crippen LogP contribution is 2.30. The van der Waals surface area contributed by atoms with Gasteiger partial charge in [-0.1, -0.05) is 11.6 Å². The molecule has 5 heteroatoms. The Balaban J connectivity index is 2.54. The lowest BCUT2D eigenvalue weighted by molar-refractivity contribution is 0.415. The minimum atomic E-state index is -0.386. The quantitative estimate of drug-likeness (QED) is 0.869. The van der Waals surface area contributed by atoms with E-state index in [4.69, 9.17) is 16.3 Å². The van der Waals surface area contributed by atoms with Crippen molar-refractivity contribution in [3.05, 3.63) is 46.1 Å². The predicted octanol–water partition coefficient (Wildman–Crippen LogP) is 2.10. The fourth-order valence-corrected chi connectivity index (χ4v) is 1.57. The fraction of sp³-hybridized carbons (Fsp3) is 0.0909. The number of benzene rings is 1. The summed E-state index contributed by atoms with van der Waals surface area (Å²) in [5.74, 6) is 0.700. The van der Waals surface area contributed by atoms with Crippen molar-refractivity contribution in [1.29, 1.82) is 0 Å². The van der Waals surface area contributed by atoms with Gasteiger partial charge in [-0.2, -0.15) is 0 Å². The molecule has 1 heterocycles. The SMILES string of the molecule is COc1ccc(Cl)c(-c2cnc(=O)[nH]c2)c1. The Bertz CT molecular complexity index is 546. The molecular weight excluding hydrogens is 228 g/mol. The van der Waals surface area contributed by atoms with E-state index in [1.54, 1.807) is 31.5 Å². The molecule has 0 aliphatic heterocycles. The molecule has 0 saturated heterocycles. The molecule has 2 aromatic rings. The van der Waals surface area contributed by atoms with Gasteiger partial charge in [0.25, 0.3) is 0 Å². The molecule has 4 nitrogen and oxygen atoms in total. The number of hydrogen-bond donors (Lipinski definition) is 1. The highest BCUT2D eigenvalue weighted by molar-refractivity contribution is 6.33. The first-order chi connectivity index (χ1) is 7.70. The maximum atomic E-state index is 10.8. The molecule has 16 heavy (non-hydrogen) atoms. The minimum Gasteiger partial charge on any atom is -0.497 e. The van der Waals surface area contributed by atoms with Crippen molar-refractivity contribution in [2.24, 2.45) is 0 Å². The van der Waals surface area contributed by atoms with Crippen LogP contribution in [-0.2, 0) is 0 Å². The van der Waals surface area contributed by atoms with Crippen LogP contribution in [0.5, 0.6) is 5.75 Å². The molecule has 0 radical (unpaired) electrons. The number of aromatic amines is 1. The predicted molar refractivity (Wildman–Crippen MR) is 61.9 cm³/mol. The minimum absolute atomic E-state index is 0.386. The molecule has 0 bridgehead atoms. The monoisotopic (exact) mass is 236 g/mol. The van der Waals surface area contributed by atoms with Crippen molar-refractivity contribution in [1.82, 2.24) is 9.97 Å². The third-order valence-electron chi connectivity index (χ3n) is 2.16. The van der Waals surface area contributed by atoms with Gasteiger partial charge in [0.15, 0.2) is 0 Å². The second kappa shape index (κ2) is 4.37. The Morgan fingerprint density at radius 3 is 2.88 bits per heavy atom.